The molecule has 1 amide bonds. The fourth-order valence-electron chi connectivity index (χ4n) is 3.08. The average Bonchev–Trinajstić information content (AvgIpc) is 2.59. The molecular weight excluding hydrogens is 342 g/mol. The molecule has 25 heavy (non-hydrogen) atoms. The maximum Gasteiger partial charge on any atom is 0.328 e. The Labute approximate surface area is 154 Å². The number of carbonyl (C=O) groups is 2. The minimum Gasteiger partial charge on any atom is -0.464 e. The Morgan fingerprint density at radius 3 is 2.56 bits per heavy atom. The monoisotopic (exact) mass is 373 g/mol. The first-order chi connectivity index (χ1) is 12.1. The fourth-order valence-corrected chi connectivity index (χ4v) is 3.87. The predicted octanol–water partition coefficient (Wildman–Crippen LogP) is 2.93. The number of amides is 1. The van der Waals surface area contributed by atoms with Crippen LogP contribution in [0.3, 0.4) is 0 Å². The van der Waals surface area contributed by atoms with Gasteiger partial charge in [-0.3, -0.25) is 4.79 Å². The second-order valence-corrected chi connectivity index (χ2v) is 7.68. The Morgan fingerprint density at radius 1 is 1.24 bits per heavy atom. The number of esters is 1. The largest absolute Gasteiger partial charge is 0.464 e. The highest BCUT2D eigenvalue weighted by atomic mass is 32.2. The minimum absolute atomic E-state index is 0.137. The van der Waals surface area contributed by atoms with Gasteiger partial charge in [-0.05, 0) is 45.7 Å². The van der Waals surface area contributed by atoms with E-state index in [0.29, 0.717) is 12.8 Å². The van der Waals surface area contributed by atoms with Crippen molar-refractivity contribution in [2.24, 2.45) is 4.58 Å². The van der Waals surface area contributed by atoms with Gasteiger partial charge in [0.1, 0.15) is 6.04 Å². The molecule has 1 aliphatic heterocycles. The summed E-state index contributed by atoms with van der Waals surface area (Å²) in [5.74, 6) is -0.573. The Morgan fingerprint density at radius 2 is 1.96 bits per heavy atom. The first-order valence-corrected chi connectivity index (χ1v) is 10.0. The van der Waals surface area contributed by atoms with Crippen LogP contribution in [0.4, 0.5) is 0 Å². The smallest absolute Gasteiger partial charge is 0.328 e. The second-order valence-electron chi connectivity index (χ2n) is 6.49. The van der Waals surface area contributed by atoms with Crippen molar-refractivity contribution < 1.29 is 14.3 Å². The van der Waals surface area contributed by atoms with Crippen molar-refractivity contribution in [2.75, 3.05) is 19.7 Å². The van der Waals surface area contributed by atoms with Crippen molar-refractivity contribution >= 4 is 23.8 Å². The van der Waals surface area contributed by atoms with Crippen LogP contribution in [0.15, 0.2) is 4.58 Å². The predicted molar refractivity (Wildman–Crippen MR) is 100 cm³/mol. The van der Waals surface area contributed by atoms with Crippen LogP contribution in [0.5, 0.6) is 0 Å². The maximum absolute atomic E-state index is 12.3. The lowest BCUT2D eigenvalue weighted by Crippen LogP contribution is -2.49. The van der Waals surface area contributed by atoms with E-state index in [-0.39, 0.29) is 12.5 Å². The van der Waals surface area contributed by atoms with Gasteiger partial charge >= 0.3 is 5.97 Å². The molecule has 0 bridgehead atoms. The van der Waals surface area contributed by atoms with Gasteiger partial charge in [-0.1, -0.05) is 26.2 Å². The molecule has 7 nitrogen and oxygen atoms in total. The zero-order chi connectivity index (χ0) is 18.5. The molecule has 0 spiro atoms. The molecule has 0 radical (unpaired) electrons. The van der Waals surface area contributed by atoms with Gasteiger partial charge in [-0.15, -0.1) is 4.91 Å². The van der Waals surface area contributed by atoms with Crippen LogP contribution in [0.25, 0.3) is 0 Å². The van der Waals surface area contributed by atoms with Crippen molar-refractivity contribution in [1.29, 1.82) is 0 Å². The van der Waals surface area contributed by atoms with Gasteiger partial charge in [-0.2, -0.15) is 0 Å². The molecule has 1 aliphatic rings. The molecule has 8 heteroatoms. The van der Waals surface area contributed by atoms with Crippen LogP contribution in [0.2, 0.25) is 0 Å². The molecule has 1 unspecified atom stereocenters. The highest BCUT2D eigenvalue weighted by molar-refractivity contribution is 7.99. The summed E-state index contributed by atoms with van der Waals surface area (Å²) in [4.78, 5) is 35.4. The SMILES string of the molecule is CCCCCCC(=O)NC(CC1(SN=O)CCNCC1)C(=O)OCC. The number of nitroso groups, excluding NO2 is 1. The third kappa shape index (κ3) is 8.18. The topological polar surface area (TPSA) is 96.9 Å². The van der Waals surface area contributed by atoms with Crippen LogP contribution in [0, 0.1) is 4.91 Å². The van der Waals surface area contributed by atoms with E-state index in [9.17, 15) is 14.5 Å². The molecule has 1 heterocycles. The molecular formula is C17H31N3O4S. The van der Waals surface area contributed by atoms with Crippen molar-refractivity contribution in [3.05, 3.63) is 4.91 Å². The molecule has 1 fully saturated rings. The molecule has 0 saturated carbocycles. The molecule has 0 aromatic heterocycles. The van der Waals surface area contributed by atoms with Gasteiger partial charge in [0, 0.05) is 27.7 Å². The Kier molecular flexibility index (Phi) is 10.7. The zero-order valence-electron chi connectivity index (χ0n) is 15.3. The standard InChI is InChI=1S/C17H31N3O4S/c1-3-5-6-7-8-15(21)19-14(16(22)24-4-2)13-17(25-20-23)9-11-18-12-10-17/h14,18H,3-13H2,1-2H3,(H,19,21). The molecule has 0 aromatic carbocycles. The van der Waals surface area contributed by atoms with E-state index in [0.717, 1.165) is 63.6 Å². The van der Waals surface area contributed by atoms with Crippen molar-refractivity contribution in [3.8, 4) is 0 Å². The number of piperidine rings is 1. The van der Waals surface area contributed by atoms with Crippen LogP contribution in [0.1, 0.15) is 65.2 Å². The first kappa shape index (κ1) is 21.9. The van der Waals surface area contributed by atoms with Gasteiger partial charge < -0.3 is 15.4 Å². The number of hydrogen-bond donors (Lipinski definition) is 2. The van der Waals surface area contributed by atoms with Crippen molar-refractivity contribution in [3.63, 3.8) is 0 Å². The highest BCUT2D eigenvalue weighted by Crippen LogP contribution is 2.39. The summed E-state index contributed by atoms with van der Waals surface area (Å²) < 4.78 is 7.71. The first-order valence-electron chi connectivity index (χ1n) is 9.24. The van der Waals surface area contributed by atoms with E-state index in [1.807, 2.05) is 0 Å². The highest BCUT2D eigenvalue weighted by Gasteiger charge is 2.39. The number of unbranched alkanes of at least 4 members (excludes halogenated alkanes) is 3. The molecule has 2 N–H and O–H groups in total. The normalized spacial score (nSPS) is 17.5. The van der Waals surface area contributed by atoms with E-state index in [4.69, 9.17) is 4.74 Å². The lowest BCUT2D eigenvalue weighted by molar-refractivity contribution is -0.147. The van der Waals surface area contributed by atoms with E-state index < -0.39 is 16.8 Å². The summed E-state index contributed by atoms with van der Waals surface area (Å²) >= 11 is 0.985. The summed E-state index contributed by atoms with van der Waals surface area (Å²) in [7, 11) is 0. The number of hydrogen-bond acceptors (Lipinski definition) is 7. The molecule has 144 valence electrons. The Balaban J connectivity index is 2.69. The molecule has 1 rings (SSSR count). The zero-order valence-corrected chi connectivity index (χ0v) is 16.2. The van der Waals surface area contributed by atoms with Crippen LogP contribution < -0.4 is 10.6 Å². The Hall–Kier alpha value is -1.15. The number of ether oxygens (including phenoxy) is 1. The third-order valence-electron chi connectivity index (χ3n) is 4.49. The maximum atomic E-state index is 12.3. The molecule has 1 saturated heterocycles. The van der Waals surface area contributed by atoms with Crippen LogP contribution in [-0.4, -0.2) is 42.4 Å². The van der Waals surface area contributed by atoms with Gasteiger partial charge in [0.15, 0.2) is 0 Å². The van der Waals surface area contributed by atoms with Crippen molar-refractivity contribution in [1.82, 2.24) is 10.6 Å². The summed E-state index contributed by atoms with van der Waals surface area (Å²) in [6, 6.07) is -0.731. The lowest BCUT2D eigenvalue weighted by Gasteiger charge is -2.36. The second kappa shape index (κ2) is 12.2. The third-order valence-corrected chi connectivity index (χ3v) is 5.52. The fraction of sp³-hybridized carbons (Fsp3) is 0.882. The van der Waals surface area contributed by atoms with Crippen LogP contribution >= 0.6 is 11.9 Å². The quantitative estimate of drug-likeness (QED) is 0.236. The van der Waals surface area contributed by atoms with Gasteiger partial charge in [0.25, 0.3) is 0 Å². The summed E-state index contributed by atoms with van der Waals surface area (Å²) in [6.07, 6.45) is 6.26. The minimum atomic E-state index is -0.731. The Bertz CT molecular complexity index is 428. The summed E-state index contributed by atoms with van der Waals surface area (Å²) in [6.45, 7) is 5.65. The van der Waals surface area contributed by atoms with Crippen molar-refractivity contribution in [2.45, 2.75) is 76.0 Å². The molecule has 0 aliphatic carbocycles. The van der Waals surface area contributed by atoms with Gasteiger partial charge in [-0.25, -0.2) is 4.79 Å². The summed E-state index contributed by atoms with van der Waals surface area (Å²) in [5, 5.41) is 6.06. The van der Waals surface area contributed by atoms with Crippen LogP contribution in [-0.2, 0) is 14.3 Å². The average molecular weight is 374 g/mol. The van der Waals surface area contributed by atoms with E-state index >= 15 is 0 Å². The summed E-state index contributed by atoms with van der Waals surface area (Å²) in [5.41, 5.74) is 0. The number of carbonyl (C=O) groups excluding carboxylic acids is 2. The molecule has 1 atom stereocenters. The van der Waals surface area contributed by atoms with E-state index in [2.05, 4.69) is 22.1 Å². The van der Waals surface area contributed by atoms with E-state index in [1.54, 1.807) is 6.92 Å². The van der Waals surface area contributed by atoms with Gasteiger partial charge in [0.2, 0.25) is 5.91 Å². The van der Waals surface area contributed by atoms with Gasteiger partial charge in [0.05, 0.1) is 6.61 Å². The lowest BCUT2D eigenvalue weighted by atomic mass is 9.89. The number of rotatable bonds is 12. The molecule has 0 aromatic rings. The number of nitrogens with one attached hydrogen (secondary N) is 2. The number of nitrogens with zero attached hydrogens (tertiary/aromatic N) is 1. The van der Waals surface area contributed by atoms with E-state index in [1.165, 1.54) is 0 Å².